The van der Waals surface area contributed by atoms with E-state index in [1.165, 1.54) is 0 Å². The van der Waals surface area contributed by atoms with Crippen LogP contribution in [-0.2, 0) is 19.0 Å². The molecule has 0 fully saturated rings. The zero-order valence-corrected chi connectivity index (χ0v) is 13.0. The van der Waals surface area contributed by atoms with Crippen LogP contribution >= 0.6 is 0 Å². The van der Waals surface area contributed by atoms with Crippen LogP contribution in [0.3, 0.4) is 0 Å². The van der Waals surface area contributed by atoms with Crippen LogP contribution in [0.5, 0.6) is 0 Å². The summed E-state index contributed by atoms with van der Waals surface area (Å²) in [5.41, 5.74) is 3.24. The summed E-state index contributed by atoms with van der Waals surface area (Å²) in [5.74, 6) is 2.88. The molecule has 0 spiro atoms. The molecule has 0 saturated carbocycles. The van der Waals surface area contributed by atoms with Crippen LogP contribution < -0.4 is 0 Å². The molecule has 0 heterocycles. The summed E-state index contributed by atoms with van der Waals surface area (Å²) in [5, 5.41) is 0. The Morgan fingerprint density at radius 2 is 2.00 bits per heavy atom. The maximum absolute atomic E-state index is 11.3. The molecule has 5 heteroatoms. The lowest BCUT2D eigenvalue weighted by molar-refractivity contribution is -0.144. The highest BCUT2D eigenvalue weighted by Gasteiger charge is 2.12. The zero-order chi connectivity index (χ0) is 14.0. The van der Waals surface area contributed by atoms with Gasteiger partial charge in [-0.3, -0.25) is 4.79 Å². The van der Waals surface area contributed by atoms with Gasteiger partial charge in [0, 0.05) is 13.5 Å². The standard InChI is InChI=1S/C13H24O4Si/c1-6-16-13(14)8-7-12(17-11-15-2)9-10-18(3,4)5/h12H,6-8,11H2,1-5H3. The van der Waals surface area contributed by atoms with E-state index in [1.54, 1.807) is 14.0 Å². The highest BCUT2D eigenvalue weighted by atomic mass is 28.3. The molecule has 4 nitrogen and oxygen atoms in total. The Kier molecular flexibility index (Phi) is 8.72. The van der Waals surface area contributed by atoms with Gasteiger partial charge >= 0.3 is 5.97 Å². The summed E-state index contributed by atoms with van der Waals surface area (Å²) in [6.07, 6.45) is 0.600. The van der Waals surface area contributed by atoms with E-state index in [-0.39, 0.29) is 18.9 Å². The summed E-state index contributed by atoms with van der Waals surface area (Å²) < 4.78 is 15.2. The van der Waals surface area contributed by atoms with Crippen LogP contribution in [0.2, 0.25) is 19.6 Å². The average Bonchev–Trinajstić information content (AvgIpc) is 2.27. The second kappa shape index (κ2) is 9.14. The molecule has 1 atom stereocenters. The second-order valence-corrected chi connectivity index (χ2v) is 9.67. The Bertz CT molecular complexity index is 298. The fourth-order valence-corrected chi connectivity index (χ4v) is 1.72. The number of ether oxygens (including phenoxy) is 3. The van der Waals surface area contributed by atoms with E-state index in [0.717, 1.165) is 0 Å². The normalized spacial score (nSPS) is 12.5. The van der Waals surface area contributed by atoms with Gasteiger partial charge in [-0.15, -0.1) is 5.54 Å². The molecule has 0 aliphatic carbocycles. The number of carbonyl (C=O) groups excluding carboxylic acids is 1. The molecule has 0 aliphatic heterocycles. The van der Waals surface area contributed by atoms with Gasteiger partial charge in [-0.25, -0.2) is 0 Å². The van der Waals surface area contributed by atoms with Crippen molar-refractivity contribution in [2.45, 2.75) is 45.5 Å². The summed E-state index contributed by atoms with van der Waals surface area (Å²) in [7, 11) is 0.135. The van der Waals surface area contributed by atoms with Crippen LogP contribution in [0.1, 0.15) is 19.8 Å². The van der Waals surface area contributed by atoms with Crippen LogP contribution in [0, 0.1) is 11.5 Å². The van der Waals surface area contributed by atoms with E-state index in [0.29, 0.717) is 19.4 Å². The van der Waals surface area contributed by atoms with Crippen LogP contribution in [-0.4, -0.2) is 40.7 Å². The summed E-state index contributed by atoms with van der Waals surface area (Å²) >= 11 is 0. The molecule has 1 unspecified atom stereocenters. The first-order valence-corrected chi connectivity index (χ1v) is 9.68. The molecular formula is C13H24O4Si. The summed E-state index contributed by atoms with van der Waals surface area (Å²) in [6.45, 7) is 8.88. The lowest BCUT2D eigenvalue weighted by Gasteiger charge is -2.12. The Hall–Kier alpha value is -0.833. The van der Waals surface area contributed by atoms with Crippen LogP contribution in [0.15, 0.2) is 0 Å². The molecule has 0 saturated heterocycles. The van der Waals surface area contributed by atoms with Gasteiger partial charge in [0.2, 0.25) is 0 Å². The van der Waals surface area contributed by atoms with Gasteiger partial charge < -0.3 is 14.2 Å². The number of hydrogen-bond acceptors (Lipinski definition) is 4. The fourth-order valence-electron chi connectivity index (χ4n) is 1.13. The van der Waals surface area contributed by atoms with Crippen LogP contribution in [0.4, 0.5) is 0 Å². The van der Waals surface area contributed by atoms with Crippen molar-refractivity contribution in [1.29, 1.82) is 0 Å². The molecule has 0 aromatic rings. The van der Waals surface area contributed by atoms with E-state index >= 15 is 0 Å². The van der Waals surface area contributed by atoms with Crippen molar-refractivity contribution < 1.29 is 19.0 Å². The lowest BCUT2D eigenvalue weighted by Crippen LogP contribution is -2.20. The van der Waals surface area contributed by atoms with E-state index in [1.807, 2.05) is 0 Å². The van der Waals surface area contributed by atoms with Gasteiger partial charge in [0.15, 0.2) is 0 Å². The van der Waals surface area contributed by atoms with E-state index < -0.39 is 8.07 Å². The third-order valence-corrected chi connectivity index (χ3v) is 2.81. The third kappa shape index (κ3) is 10.3. The Morgan fingerprint density at radius 1 is 1.33 bits per heavy atom. The smallest absolute Gasteiger partial charge is 0.305 e. The first-order chi connectivity index (χ1) is 8.39. The number of hydrogen-bond donors (Lipinski definition) is 0. The van der Waals surface area contributed by atoms with Crippen LogP contribution in [0.25, 0.3) is 0 Å². The monoisotopic (exact) mass is 272 g/mol. The molecule has 0 amide bonds. The van der Waals surface area contributed by atoms with Crippen molar-refractivity contribution in [2.75, 3.05) is 20.5 Å². The number of carbonyl (C=O) groups is 1. The molecule has 0 radical (unpaired) electrons. The number of methoxy groups -OCH3 is 1. The Labute approximate surface area is 111 Å². The van der Waals surface area contributed by atoms with Gasteiger partial charge in [0.1, 0.15) is 21.0 Å². The Balaban J connectivity index is 4.30. The lowest BCUT2D eigenvalue weighted by atomic mass is 10.2. The van der Waals surface area contributed by atoms with Gasteiger partial charge in [-0.1, -0.05) is 25.6 Å². The van der Waals surface area contributed by atoms with Gasteiger partial charge in [-0.2, -0.15) is 0 Å². The quantitative estimate of drug-likeness (QED) is 0.308. The minimum Gasteiger partial charge on any atom is -0.466 e. The van der Waals surface area contributed by atoms with Crippen molar-refractivity contribution in [3.05, 3.63) is 0 Å². The van der Waals surface area contributed by atoms with Crippen molar-refractivity contribution in [3.63, 3.8) is 0 Å². The molecule has 0 N–H and O–H groups in total. The second-order valence-electron chi connectivity index (χ2n) is 4.92. The number of esters is 1. The fraction of sp³-hybridized carbons (Fsp3) is 0.769. The summed E-state index contributed by atoms with van der Waals surface area (Å²) in [6, 6.07) is 0. The highest BCUT2D eigenvalue weighted by Crippen LogP contribution is 2.05. The minimum absolute atomic E-state index is 0.188. The zero-order valence-electron chi connectivity index (χ0n) is 12.0. The molecule has 0 aliphatic rings. The molecule has 0 rings (SSSR count). The van der Waals surface area contributed by atoms with Crippen molar-refractivity contribution in [2.24, 2.45) is 0 Å². The molecular weight excluding hydrogens is 248 g/mol. The van der Waals surface area contributed by atoms with E-state index in [9.17, 15) is 4.79 Å². The molecule has 0 aromatic heterocycles. The van der Waals surface area contributed by atoms with Crippen molar-refractivity contribution in [3.8, 4) is 11.5 Å². The van der Waals surface area contributed by atoms with Crippen molar-refractivity contribution in [1.82, 2.24) is 0 Å². The van der Waals surface area contributed by atoms with Gasteiger partial charge in [0.25, 0.3) is 0 Å². The summed E-state index contributed by atoms with van der Waals surface area (Å²) in [4.78, 5) is 11.3. The van der Waals surface area contributed by atoms with Crippen molar-refractivity contribution >= 4 is 14.0 Å². The Morgan fingerprint density at radius 3 is 2.50 bits per heavy atom. The van der Waals surface area contributed by atoms with E-state index in [4.69, 9.17) is 14.2 Å². The molecule has 0 bridgehead atoms. The first kappa shape index (κ1) is 17.2. The van der Waals surface area contributed by atoms with E-state index in [2.05, 4.69) is 31.1 Å². The van der Waals surface area contributed by atoms with Gasteiger partial charge in [-0.05, 0) is 13.3 Å². The molecule has 18 heavy (non-hydrogen) atoms. The van der Waals surface area contributed by atoms with Gasteiger partial charge in [0.05, 0.1) is 6.61 Å². The minimum atomic E-state index is -1.43. The molecule has 104 valence electrons. The number of rotatable bonds is 7. The topological polar surface area (TPSA) is 44.8 Å². The maximum atomic E-state index is 11.3. The maximum Gasteiger partial charge on any atom is 0.305 e. The first-order valence-electron chi connectivity index (χ1n) is 6.18. The molecule has 0 aromatic carbocycles. The SMILES string of the molecule is CCOC(=O)CCC(C#C[Si](C)(C)C)OCOC. The largest absolute Gasteiger partial charge is 0.466 e. The average molecular weight is 272 g/mol. The predicted molar refractivity (Wildman–Crippen MR) is 73.7 cm³/mol. The third-order valence-electron chi connectivity index (χ3n) is 1.91. The highest BCUT2D eigenvalue weighted by molar-refractivity contribution is 6.83. The predicted octanol–water partition coefficient (Wildman–Crippen LogP) is 2.20.